The molecule has 7 nitrogen and oxygen atoms in total. The van der Waals surface area contributed by atoms with Crippen LogP contribution in [0.15, 0.2) is 36.4 Å². The van der Waals surface area contributed by atoms with Crippen molar-refractivity contribution in [2.75, 3.05) is 0 Å². The molecular formula is C23H32O7. The second kappa shape index (κ2) is 10.9. The molecule has 1 aromatic rings. The average molecular weight is 421 g/mol. The Bertz CT molecular complexity index is 719. The number of benzene rings is 1. The summed E-state index contributed by atoms with van der Waals surface area (Å²) in [5, 5.41) is 39.9. The highest BCUT2D eigenvalue weighted by atomic mass is 16.7. The van der Waals surface area contributed by atoms with E-state index >= 15 is 0 Å². The molecule has 6 atom stereocenters. The van der Waals surface area contributed by atoms with Crippen molar-refractivity contribution in [1.29, 1.82) is 0 Å². The molecule has 1 aliphatic carbocycles. The average Bonchev–Trinajstić information content (AvgIpc) is 3.00. The third kappa shape index (κ3) is 6.04. The first-order chi connectivity index (χ1) is 14.5. The zero-order chi connectivity index (χ0) is 21.5. The molecule has 0 spiro atoms. The minimum Gasteiger partial charge on any atom is -0.481 e. The van der Waals surface area contributed by atoms with Gasteiger partial charge in [-0.2, -0.15) is 0 Å². The first kappa shape index (κ1) is 22.7. The van der Waals surface area contributed by atoms with E-state index in [1.807, 2.05) is 24.3 Å². The number of unbranched alkanes of at least 4 members (excludes halogenated alkanes) is 3. The molecule has 7 heteroatoms. The van der Waals surface area contributed by atoms with E-state index in [0.29, 0.717) is 25.2 Å². The molecule has 1 fully saturated rings. The van der Waals surface area contributed by atoms with Crippen LogP contribution in [-0.4, -0.2) is 51.0 Å². The third-order valence-corrected chi connectivity index (χ3v) is 6.02. The predicted molar refractivity (Wildman–Crippen MR) is 110 cm³/mol. The van der Waals surface area contributed by atoms with Crippen LogP contribution in [0.3, 0.4) is 0 Å². The number of aliphatic hydroxyl groups excluding tert-OH is 3. The summed E-state index contributed by atoms with van der Waals surface area (Å²) in [5.41, 5.74) is 0.933. The van der Waals surface area contributed by atoms with Crippen LogP contribution in [-0.2, 0) is 16.1 Å². The molecule has 4 N–H and O–H groups in total. The molecule has 0 bridgehead atoms. The van der Waals surface area contributed by atoms with Crippen molar-refractivity contribution in [1.82, 2.24) is 0 Å². The minimum atomic E-state index is -0.986. The van der Waals surface area contributed by atoms with Crippen LogP contribution < -0.4 is 4.74 Å². The zero-order valence-corrected chi connectivity index (χ0v) is 17.1. The fourth-order valence-electron chi connectivity index (χ4n) is 4.36. The Morgan fingerprint density at radius 3 is 2.70 bits per heavy atom. The van der Waals surface area contributed by atoms with Crippen LogP contribution in [0.2, 0.25) is 0 Å². The molecule has 2 aliphatic rings. The van der Waals surface area contributed by atoms with Gasteiger partial charge in [0.25, 0.3) is 0 Å². The Balaban J connectivity index is 1.50. The molecule has 1 saturated carbocycles. The van der Waals surface area contributed by atoms with Crippen molar-refractivity contribution in [3.8, 4) is 5.75 Å². The number of fused-ring (bicyclic) bond motifs is 1. The number of aliphatic carboxylic acids is 1. The summed E-state index contributed by atoms with van der Waals surface area (Å²) in [6.45, 7) is 0.362. The zero-order valence-electron chi connectivity index (χ0n) is 17.1. The van der Waals surface area contributed by atoms with E-state index in [1.54, 1.807) is 12.2 Å². The molecule has 1 aromatic carbocycles. The smallest absolute Gasteiger partial charge is 0.303 e. The van der Waals surface area contributed by atoms with Gasteiger partial charge in [0.15, 0.2) is 0 Å². The molecule has 0 amide bonds. The van der Waals surface area contributed by atoms with E-state index in [-0.39, 0.29) is 18.3 Å². The number of ether oxygens (including phenoxy) is 2. The van der Waals surface area contributed by atoms with Gasteiger partial charge in [0, 0.05) is 24.3 Å². The van der Waals surface area contributed by atoms with Crippen molar-refractivity contribution >= 4 is 5.97 Å². The monoisotopic (exact) mass is 420 g/mol. The Labute approximate surface area is 176 Å². The van der Waals surface area contributed by atoms with E-state index in [2.05, 4.69) is 0 Å². The van der Waals surface area contributed by atoms with Gasteiger partial charge in [0.2, 0.25) is 6.29 Å². The summed E-state index contributed by atoms with van der Waals surface area (Å²) >= 11 is 0. The summed E-state index contributed by atoms with van der Waals surface area (Å²) < 4.78 is 11.3. The Hall–Kier alpha value is -1.93. The first-order valence-electron chi connectivity index (χ1n) is 10.8. The molecule has 1 aliphatic heterocycles. The van der Waals surface area contributed by atoms with Crippen LogP contribution in [0.1, 0.15) is 50.5 Å². The van der Waals surface area contributed by atoms with E-state index in [9.17, 15) is 20.1 Å². The standard InChI is InChI=1S/C23H32O7/c24-18(23-29-14-15-7-5-6-9-21(15)30-23)12-11-17-16(19(25)13-20(17)26)8-3-1-2-4-10-22(27)28/h5-7,9,11-12,16-20,23-26H,1-4,8,10,13-14H2,(H,27,28)/t16-,17-,18-,19+,20-,23+/m1/s1. The molecule has 0 radical (unpaired) electrons. The van der Waals surface area contributed by atoms with Crippen molar-refractivity contribution in [3.05, 3.63) is 42.0 Å². The lowest BCUT2D eigenvalue weighted by atomic mass is 9.88. The van der Waals surface area contributed by atoms with Crippen LogP contribution in [0.25, 0.3) is 0 Å². The van der Waals surface area contributed by atoms with Crippen molar-refractivity contribution in [2.45, 2.75) is 76.2 Å². The molecular weight excluding hydrogens is 388 g/mol. The van der Waals surface area contributed by atoms with Crippen molar-refractivity contribution < 1.29 is 34.7 Å². The van der Waals surface area contributed by atoms with Gasteiger partial charge in [-0.25, -0.2) is 0 Å². The first-order valence-corrected chi connectivity index (χ1v) is 10.8. The summed E-state index contributed by atoms with van der Waals surface area (Å²) in [4.78, 5) is 10.6. The lowest BCUT2D eigenvalue weighted by molar-refractivity contribution is -0.152. The molecule has 1 heterocycles. The Morgan fingerprint density at radius 1 is 1.13 bits per heavy atom. The van der Waals surface area contributed by atoms with E-state index < -0.39 is 30.6 Å². The molecule has 0 aromatic heterocycles. The van der Waals surface area contributed by atoms with E-state index in [1.165, 1.54) is 0 Å². The molecule has 0 unspecified atom stereocenters. The number of rotatable bonds is 10. The number of hydrogen-bond donors (Lipinski definition) is 4. The topological polar surface area (TPSA) is 116 Å². The number of carboxylic acid groups (broad SMARTS) is 1. The maximum absolute atomic E-state index is 10.6. The van der Waals surface area contributed by atoms with Gasteiger partial charge in [-0.3, -0.25) is 4.79 Å². The molecule has 166 valence electrons. The molecule has 0 saturated heterocycles. The number of para-hydroxylation sites is 1. The van der Waals surface area contributed by atoms with E-state index in [0.717, 1.165) is 31.2 Å². The quantitative estimate of drug-likeness (QED) is 0.340. The van der Waals surface area contributed by atoms with Crippen LogP contribution >= 0.6 is 0 Å². The van der Waals surface area contributed by atoms with Crippen molar-refractivity contribution in [3.63, 3.8) is 0 Å². The predicted octanol–water partition coefficient (Wildman–Crippen LogP) is 2.62. The van der Waals surface area contributed by atoms with Gasteiger partial charge in [-0.05, 0) is 24.8 Å². The summed E-state index contributed by atoms with van der Waals surface area (Å²) in [6, 6.07) is 7.52. The summed E-state index contributed by atoms with van der Waals surface area (Å²) in [7, 11) is 0. The Kier molecular flexibility index (Phi) is 8.27. The Morgan fingerprint density at radius 2 is 1.90 bits per heavy atom. The van der Waals surface area contributed by atoms with Crippen LogP contribution in [0.4, 0.5) is 0 Å². The molecule has 3 rings (SSSR count). The normalized spacial score (nSPS) is 29.5. The van der Waals surface area contributed by atoms with Crippen molar-refractivity contribution in [2.24, 2.45) is 11.8 Å². The number of carboxylic acids is 1. The van der Waals surface area contributed by atoms with Gasteiger partial charge in [-0.1, -0.05) is 49.6 Å². The second-order valence-electron chi connectivity index (χ2n) is 8.24. The highest BCUT2D eigenvalue weighted by Gasteiger charge is 2.40. The summed E-state index contributed by atoms with van der Waals surface area (Å²) in [5.74, 6) is -0.415. The number of carbonyl (C=O) groups is 1. The number of hydrogen-bond acceptors (Lipinski definition) is 6. The highest BCUT2D eigenvalue weighted by molar-refractivity contribution is 5.66. The minimum absolute atomic E-state index is 0.0863. The maximum Gasteiger partial charge on any atom is 0.303 e. The largest absolute Gasteiger partial charge is 0.481 e. The maximum atomic E-state index is 10.6. The molecule has 30 heavy (non-hydrogen) atoms. The van der Waals surface area contributed by atoms with Gasteiger partial charge >= 0.3 is 5.97 Å². The van der Waals surface area contributed by atoms with Gasteiger partial charge < -0.3 is 29.9 Å². The third-order valence-electron chi connectivity index (χ3n) is 6.02. The van der Waals surface area contributed by atoms with Gasteiger partial charge in [0.1, 0.15) is 11.9 Å². The van der Waals surface area contributed by atoms with Crippen LogP contribution in [0, 0.1) is 11.8 Å². The van der Waals surface area contributed by atoms with Crippen LogP contribution in [0.5, 0.6) is 5.75 Å². The lowest BCUT2D eigenvalue weighted by Crippen LogP contribution is -2.36. The van der Waals surface area contributed by atoms with Gasteiger partial charge in [-0.15, -0.1) is 0 Å². The summed E-state index contributed by atoms with van der Waals surface area (Å²) in [6.07, 6.45) is 4.84. The SMILES string of the molecule is O=C(O)CCCCCC[C@@H]1[C@@H](C=C[C@@H](O)[C@H]2OCc3ccccc3O2)[C@H](O)C[C@@H]1O. The van der Waals surface area contributed by atoms with Gasteiger partial charge in [0.05, 0.1) is 18.8 Å². The lowest BCUT2D eigenvalue weighted by Gasteiger charge is -2.28. The second-order valence-corrected chi connectivity index (χ2v) is 8.24. The highest BCUT2D eigenvalue weighted by Crippen LogP contribution is 2.37. The number of aliphatic hydroxyl groups is 3. The fraction of sp³-hybridized carbons (Fsp3) is 0.609. The van der Waals surface area contributed by atoms with E-state index in [4.69, 9.17) is 14.6 Å². The fourth-order valence-corrected chi connectivity index (χ4v) is 4.36.